The normalized spacial score (nSPS) is 12.6. The van der Waals surface area contributed by atoms with Crippen LogP contribution in [0.1, 0.15) is 26.3 Å². The van der Waals surface area contributed by atoms with Crippen molar-refractivity contribution in [3.63, 3.8) is 0 Å². The standard InChI is InChI=1S/C13H21NO2S/c1-13(2,3)10-8-7-9-11(14(4)5)12(10)17(6,15)16/h7-9H,1-6H3. The van der Waals surface area contributed by atoms with Crippen LogP contribution in [0.4, 0.5) is 5.69 Å². The van der Waals surface area contributed by atoms with Crippen LogP contribution < -0.4 is 4.90 Å². The molecular weight excluding hydrogens is 234 g/mol. The van der Waals surface area contributed by atoms with Gasteiger partial charge in [0.25, 0.3) is 0 Å². The van der Waals surface area contributed by atoms with E-state index in [1.807, 2.05) is 58.0 Å². The number of hydrogen-bond acceptors (Lipinski definition) is 3. The van der Waals surface area contributed by atoms with Gasteiger partial charge in [0.15, 0.2) is 9.84 Å². The van der Waals surface area contributed by atoms with E-state index in [1.54, 1.807) is 0 Å². The van der Waals surface area contributed by atoms with Crippen molar-refractivity contribution in [2.45, 2.75) is 31.1 Å². The molecule has 1 rings (SSSR count). The lowest BCUT2D eigenvalue weighted by atomic mass is 9.86. The summed E-state index contributed by atoms with van der Waals surface area (Å²) < 4.78 is 24.0. The van der Waals surface area contributed by atoms with Gasteiger partial charge in [-0.2, -0.15) is 0 Å². The summed E-state index contributed by atoms with van der Waals surface area (Å²) in [6.07, 6.45) is 1.27. The molecule has 0 aliphatic rings. The molecule has 17 heavy (non-hydrogen) atoms. The third-order valence-corrected chi connectivity index (χ3v) is 3.83. The van der Waals surface area contributed by atoms with Crippen LogP contribution in [0.3, 0.4) is 0 Å². The summed E-state index contributed by atoms with van der Waals surface area (Å²) in [6, 6.07) is 5.64. The summed E-state index contributed by atoms with van der Waals surface area (Å²) in [7, 11) is 0.481. The lowest BCUT2D eigenvalue weighted by Crippen LogP contribution is -2.20. The van der Waals surface area contributed by atoms with Crippen LogP contribution in [0.5, 0.6) is 0 Å². The predicted molar refractivity (Wildman–Crippen MR) is 72.6 cm³/mol. The highest BCUT2D eigenvalue weighted by Crippen LogP contribution is 2.34. The first-order valence-corrected chi connectivity index (χ1v) is 7.45. The highest BCUT2D eigenvalue weighted by atomic mass is 32.2. The Hall–Kier alpha value is -1.03. The Morgan fingerprint density at radius 2 is 1.65 bits per heavy atom. The van der Waals surface area contributed by atoms with Gasteiger partial charge in [0.05, 0.1) is 10.6 Å². The molecule has 0 fully saturated rings. The van der Waals surface area contributed by atoms with Crippen molar-refractivity contribution in [2.24, 2.45) is 0 Å². The minimum absolute atomic E-state index is 0.190. The number of anilines is 1. The molecule has 0 saturated heterocycles. The predicted octanol–water partition coefficient (Wildman–Crippen LogP) is 2.45. The number of benzene rings is 1. The Balaban J connectivity index is 3.70. The van der Waals surface area contributed by atoms with E-state index in [9.17, 15) is 8.42 Å². The molecule has 0 unspecified atom stereocenters. The minimum atomic E-state index is -3.23. The van der Waals surface area contributed by atoms with Gasteiger partial charge in [-0.25, -0.2) is 8.42 Å². The molecule has 0 heterocycles. The van der Waals surface area contributed by atoms with E-state index in [0.29, 0.717) is 4.90 Å². The Labute approximate surface area is 104 Å². The van der Waals surface area contributed by atoms with Crippen molar-refractivity contribution in [2.75, 3.05) is 25.3 Å². The monoisotopic (exact) mass is 255 g/mol. The average molecular weight is 255 g/mol. The molecule has 0 aromatic heterocycles. The summed E-state index contributed by atoms with van der Waals surface area (Å²) in [5.74, 6) is 0. The van der Waals surface area contributed by atoms with Crippen molar-refractivity contribution in [1.82, 2.24) is 0 Å². The Bertz CT molecular complexity index is 511. The van der Waals surface area contributed by atoms with E-state index >= 15 is 0 Å². The van der Waals surface area contributed by atoms with Gasteiger partial charge >= 0.3 is 0 Å². The molecule has 96 valence electrons. The van der Waals surface area contributed by atoms with Crippen molar-refractivity contribution >= 4 is 15.5 Å². The maximum Gasteiger partial charge on any atom is 0.177 e. The average Bonchev–Trinajstić information content (AvgIpc) is 2.13. The number of hydrogen-bond donors (Lipinski definition) is 0. The molecule has 4 heteroatoms. The molecule has 0 spiro atoms. The molecule has 0 amide bonds. The van der Waals surface area contributed by atoms with Crippen LogP contribution in [-0.2, 0) is 15.3 Å². The van der Waals surface area contributed by atoms with Gasteiger partial charge in [-0.3, -0.25) is 0 Å². The van der Waals surface area contributed by atoms with Crippen LogP contribution in [0.25, 0.3) is 0 Å². The van der Waals surface area contributed by atoms with Gasteiger partial charge in [0.1, 0.15) is 0 Å². The molecule has 0 bridgehead atoms. The summed E-state index contributed by atoms with van der Waals surface area (Å²) in [5.41, 5.74) is 1.43. The molecule has 0 radical (unpaired) electrons. The van der Waals surface area contributed by atoms with Gasteiger partial charge in [-0.1, -0.05) is 32.9 Å². The zero-order chi connectivity index (χ0) is 13.4. The minimum Gasteiger partial charge on any atom is -0.377 e. The highest BCUT2D eigenvalue weighted by molar-refractivity contribution is 7.91. The summed E-state index contributed by atoms with van der Waals surface area (Å²) in [5, 5.41) is 0. The number of sulfone groups is 1. The maximum atomic E-state index is 12.0. The fourth-order valence-corrected chi connectivity index (χ4v) is 3.26. The SMILES string of the molecule is CN(C)c1cccc(C(C)(C)C)c1S(C)(=O)=O. The smallest absolute Gasteiger partial charge is 0.177 e. The van der Waals surface area contributed by atoms with E-state index in [4.69, 9.17) is 0 Å². The van der Waals surface area contributed by atoms with Gasteiger partial charge < -0.3 is 4.90 Å². The Morgan fingerprint density at radius 1 is 1.12 bits per heavy atom. The second-order valence-electron chi connectivity index (χ2n) is 5.57. The third-order valence-electron chi connectivity index (χ3n) is 2.65. The van der Waals surface area contributed by atoms with Crippen LogP contribution in [-0.4, -0.2) is 28.8 Å². The third kappa shape index (κ3) is 3.00. The molecule has 0 atom stereocenters. The highest BCUT2D eigenvalue weighted by Gasteiger charge is 2.26. The Morgan fingerprint density at radius 3 is 2.00 bits per heavy atom. The first-order valence-electron chi connectivity index (χ1n) is 5.56. The zero-order valence-corrected chi connectivity index (χ0v) is 12.2. The van der Waals surface area contributed by atoms with Crippen LogP contribution in [0, 0.1) is 0 Å². The fourth-order valence-electron chi connectivity index (χ4n) is 1.86. The topological polar surface area (TPSA) is 37.4 Å². The Kier molecular flexibility index (Phi) is 3.58. The van der Waals surface area contributed by atoms with Crippen molar-refractivity contribution < 1.29 is 8.42 Å². The molecule has 3 nitrogen and oxygen atoms in total. The fraction of sp³-hybridized carbons (Fsp3) is 0.538. The molecular formula is C13H21NO2S. The first-order chi connectivity index (χ1) is 7.55. The van der Waals surface area contributed by atoms with Crippen LogP contribution in [0.15, 0.2) is 23.1 Å². The van der Waals surface area contributed by atoms with Gasteiger partial charge in [0, 0.05) is 20.4 Å². The van der Waals surface area contributed by atoms with E-state index in [-0.39, 0.29) is 5.41 Å². The second-order valence-corrected chi connectivity index (χ2v) is 7.52. The van der Waals surface area contributed by atoms with Gasteiger partial charge in [-0.15, -0.1) is 0 Å². The molecule has 0 aliphatic heterocycles. The molecule has 1 aromatic carbocycles. The van der Waals surface area contributed by atoms with E-state index in [2.05, 4.69) is 0 Å². The van der Waals surface area contributed by atoms with Crippen molar-refractivity contribution in [3.8, 4) is 0 Å². The summed E-state index contributed by atoms with van der Waals surface area (Å²) in [4.78, 5) is 2.28. The summed E-state index contributed by atoms with van der Waals surface area (Å²) in [6.45, 7) is 6.07. The largest absolute Gasteiger partial charge is 0.377 e. The van der Waals surface area contributed by atoms with Crippen molar-refractivity contribution in [1.29, 1.82) is 0 Å². The van der Waals surface area contributed by atoms with Crippen LogP contribution >= 0.6 is 0 Å². The molecule has 0 N–H and O–H groups in total. The zero-order valence-electron chi connectivity index (χ0n) is 11.4. The second kappa shape index (κ2) is 4.33. The molecule has 0 aliphatic carbocycles. The lowest BCUT2D eigenvalue weighted by molar-refractivity contribution is 0.563. The summed E-state index contributed by atoms with van der Waals surface area (Å²) >= 11 is 0. The van der Waals surface area contributed by atoms with E-state index in [0.717, 1.165) is 11.3 Å². The number of nitrogens with zero attached hydrogens (tertiary/aromatic N) is 1. The lowest BCUT2D eigenvalue weighted by Gasteiger charge is -2.26. The molecule has 0 saturated carbocycles. The van der Waals surface area contributed by atoms with Crippen LogP contribution in [0.2, 0.25) is 0 Å². The van der Waals surface area contributed by atoms with E-state index in [1.165, 1.54) is 6.26 Å². The quantitative estimate of drug-likeness (QED) is 0.814. The van der Waals surface area contributed by atoms with Gasteiger partial charge in [-0.05, 0) is 17.0 Å². The van der Waals surface area contributed by atoms with Gasteiger partial charge in [0.2, 0.25) is 0 Å². The van der Waals surface area contributed by atoms with E-state index < -0.39 is 9.84 Å². The maximum absolute atomic E-state index is 12.0. The number of rotatable bonds is 2. The first kappa shape index (κ1) is 14.0. The van der Waals surface area contributed by atoms with Crippen molar-refractivity contribution in [3.05, 3.63) is 23.8 Å². The molecule has 1 aromatic rings.